The van der Waals surface area contributed by atoms with E-state index in [1.165, 1.54) is 23.2 Å². The third kappa shape index (κ3) is 3.89. The molecular weight excluding hydrogens is 407 g/mol. The Morgan fingerprint density at radius 3 is 2.53 bits per heavy atom. The Bertz CT molecular complexity index is 1120. The number of nitrogens with zero attached hydrogens (tertiary/aromatic N) is 3. The molecule has 0 unspecified atom stereocenters. The summed E-state index contributed by atoms with van der Waals surface area (Å²) in [7, 11) is 0. The molecule has 156 valence electrons. The van der Waals surface area contributed by atoms with Gasteiger partial charge in [-0.25, -0.2) is 13.8 Å². The molecule has 10 heteroatoms. The van der Waals surface area contributed by atoms with Gasteiger partial charge < -0.3 is 10.2 Å². The largest absolute Gasteiger partial charge is 0.417 e. The number of alkyl halides is 3. The van der Waals surface area contributed by atoms with Gasteiger partial charge in [0.25, 0.3) is 5.91 Å². The number of aromatic nitrogens is 2. The number of likely N-dealkylation sites (tertiary alicyclic amines) is 1. The number of hydrogen-bond donors (Lipinski definition) is 1. The van der Waals surface area contributed by atoms with Gasteiger partial charge in [0.2, 0.25) is 0 Å². The van der Waals surface area contributed by atoms with Crippen LogP contribution in [0.25, 0.3) is 11.0 Å². The van der Waals surface area contributed by atoms with Crippen LogP contribution in [0.3, 0.4) is 0 Å². The summed E-state index contributed by atoms with van der Waals surface area (Å²) in [6, 6.07) is 6.27. The van der Waals surface area contributed by atoms with Crippen molar-refractivity contribution < 1.29 is 26.7 Å². The number of rotatable bonds is 3. The van der Waals surface area contributed by atoms with Gasteiger partial charge in [0, 0.05) is 31.3 Å². The molecule has 4 rings (SSSR count). The maximum absolute atomic E-state index is 13.4. The number of anilines is 1. The third-order valence-corrected chi connectivity index (χ3v) is 4.87. The zero-order chi connectivity index (χ0) is 21.5. The van der Waals surface area contributed by atoms with Gasteiger partial charge in [-0.15, -0.1) is 0 Å². The zero-order valence-corrected chi connectivity index (χ0v) is 15.4. The molecule has 1 aromatic heterocycles. The van der Waals surface area contributed by atoms with E-state index < -0.39 is 34.8 Å². The fraction of sp³-hybridized carbons (Fsp3) is 0.250. The summed E-state index contributed by atoms with van der Waals surface area (Å²) in [6.45, 7) is 0.437. The Balaban J connectivity index is 1.48. The first-order chi connectivity index (χ1) is 14.2. The molecule has 1 aliphatic heterocycles. The lowest BCUT2D eigenvalue weighted by Crippen LogP contribution is -2.33. The van der Waals surface area contributed by atoms with E-state index in [-0.39, 0.29) is 30.2 Å². The highest BCUT2D eigenvalue weighted by Crippen LogP contribution is 2.33. The van der Waals surface area contributed by atoms with Gasteiger partial charge in [0.05, 0.1) is 28.4 Å². The van der Waals surface area contributed by atoms with E-state index >= 15 is 0 Å². The first-order valence-electron chi connectivity index (χ1n) is 9.06. The topological polar surface area (TPSA) is 58.1 Å². The van der Waals surface area contributed by atoms with E-state index in [2.05, 4.69) is 15.3 Å². The maximum Gasteiger partial charge on any atom is 0.417 e. The van der Waals surface area contributed by atoms with Crippen LogP contribution in [0.4, 0.5) is 27.8 Å². The van der Waals surface area contributed by atoms with Crippen molar-refractivity contribution in [2.75, 3.05) is 18.4 Å². The lowest BCUT2D eigenvalue weighted by molar-refractivity contribution is -0.138. The second kappa shape index (κ2) is 7.51. The van der Waals surface area contributed by atoms with E-state index in [0.29, 0.717) is 12.2 Å². The summed E-state index contributed by atoms with van der Waals surface area (Å²) in [5.74, 6) is -2.48. The quantitative estimate of drug-likeness (QED) is 0.641. The van der Waals surface area contributed by atoms with Gasteiger partial charge in [-0.3, -0.25) is 9.78 Å². The van der Waals surface area contributed by atoms with Crippen molar-refractivity contribution in [2.24, 2.45) is 0 Å². The SMILES string of the molecule is O=C(c1ccccc1C(F)(F)F)N1CC[C@@H](Nc2cnc3cc(F)c(F)cc3n2)C1. The number of carbonyl (C=O) groups excluding carboxylic acids is 1. The summed E-state index contributed by atoms with van der Waals surface area (Å²) >= 11 is 0. The molecule has 1 aliphatic rings. The van der Waals surface area contributed by atoms with Crippen LogP contribution in [0, 0.1) is 11.6 Å². The Kier molecular flexibility index (Phi) is 5.00. The molecular formula is C20H15F5N4O. The van der Waals surface area contributed by atoms with E-state index in [0.717, 1.165) is 24.3 Å². The Morgan fingerprint density at radius 1 is 1.10 bits per heavy atom. The number of hydrogen-bond acceptors (Lipinski definition) is 4. The van der Waals surface area contributed by atoms with Crippen molar-refractivity contribution >= 4 is 22.8 Å². The first kappa shape index (κ1) is 20.0. The van der Waals surface area contributed by atoms with Gasteiger partial charge in [-0.05, 0) is 18.6 Å². The van der Waals surface area contributed by atoms with Gasteiger partial charge >= 0.3 is 6.18 Å². The fourth-order valence-electron chi connectivity index (χ4n) is 3.44. The maximum atomic E-state index is 13.4. The lowest BCUT2D eigenvalue weighted by Gasteiger charge is -2.20. The highest BCUT2D eigenvalue weighted by atomic mass is 19.4. The molecule has 1 amide bonds. The number of carbonyl (C=O) groups is 1. The highest BCUT2D eigenvalue weighted by Gasteiger charge is 2.37. The number of benzene rings is 2. The molecule has 1 saturated heterocycles. The van der Waals surface area contributed by atoms with Crippen molar-refractivity contribution in [1.29, 1.82) is 0 Å². The third-order valence-electron chi connectivity index (χ3n) is 4.87. The summed E-state index contributed by atoms with van der Waals surface area (Å²) in [6.07, 6.45) is -2.79. The summed E-state index contributed by atoms with van der Waals surface area (Å²) < 4.78 is 66.3. The number of halogens is 5. The summed E-state index contributed by atoms with van der Waals surface area (Å²) in [5.41, 5.74) is -1.02. The predicted molar refractivity (Wildman–Crippen MR) is 98.8 cm³/mol. The monoisotopic (exact) mass is 422 g/mol. The van der Waals surface area contributed by atoms with Crippen molar-refractivity contribution in [2.45, 2.75) is 18.6 Å². The second-order valence-electron chi connectivity index (χ2n) is 6.93. The molecule has 0 radical (unpaired) electrons. The molecule has 1 fully saturated rings. The summed E-state index contributed by atoms with van der Waals surface area (Å²) in [5, 5.41) is 3.04. The Labute approximate surface area is 167 Å². The average molecular weight is 422 g/mol. The van der Waals surface area contributed by atoms with Crippen LogP contribution in [0.15, 0.2) is 42.6 Å². The normalized spacial score (nSPS) is 16.8. The van der Waals surface area contributed by atoms with Crippen molar-refractivity contribution in [1.82, 2.24) is 14.9 Å². The van der Waals surface area contributed by atoms with Crippen LogP contribution in [0.5, 0.6) is 0 Å². The molecule has 0 spiro atoms. The van der Waals surface area contributed by atoms with Crippen LogP contribution in [-0.4, -0.2) is 39.9 Å². The lowest BCUT2D eigenvalue weighted by atomic mass is 10.1. The average Bonchev–Trinajstić information content (AvgIpc) is 3.16. The van der Waals surface area contributed by atoms with E-state index in [4.69, 9.17) is 0 Å². The second-order valence-corrected chi connectivity index (χ2v) is 6.93. The minimum atomic E-state index is -4.63. The Morgan fingerprint density at radius 2 is 1.80 bits per heavy atom. The van der Waals surface area contributed by atoms with Crippen molar-refractivity contribution in [3.63, 3.8) is 0 Å². The van der Waals surface area contributed by atoms with Gasteiger partial charge in [-0.1, -0.05) is 12.1 Å². The molecule has 1 N–H and O–H groups in total. The number of nitrogens with one attached hydrogen (secondary N) is 1. The highest BCUT2D eigenvalue weighted by molar-refractivity contribution is 5.96. The molecule has 2 aromatic carbocycles. The van der Waals surface area contributed by atoms with Crippen LogP contribution < -0.4 is 5.32 Å². The van der Waals surface area contributed by atoms with Crippen molar-refractivity contribution in [3.05, 3.63) is 65.4 Å². The number of amides is 1. The van der Waals surface area contributed by atoms with E-state index in [1.54, 1.807) is 0 Å². The number of fused-ring (bicyclic) bond motifs is 1. The summed E-state index contributed by atoms with van der Waals surface area (Å²) in [4.78, 5) is 22.2. The standard InChI is InChI=1S/C20H15F5N4O/c21-14-7-16-17(8-15(14)22)28-18(9-26-16)27-11-5-6-29(10-11)19(30)12-3-1-2-4-13(12)20(23,24)25/h1-4,7-9,11H,5-6,10H2,(H,27,28)/t11-/m1/s1. The van der Waals surface area contributed by atoms with Crippen LogP contribution in [0.1, 0.15) is 22.3 Å². The van der Waals surface area contributed by atoms with Gasteiger partial charge in [-0.2, -0.15) is 13.2 Å². The molecule has 0 saturated carbocycles. The molecule has 3 aromatic rings. The van der Waals surface area contributed by atoms with Crippen LogP contribution in [0.2, 0.25) is 0 Å². The van der Waals surface area contributed by atoms with Crippen LogP contribution >= 0.6 is 0 Å². The van der Waals surface area contributed by atoms with Gasteiger partial charge in [0.1, 0.15) is 5.82 Å². The molecule has 2 heterocycles. The molecule has 30 heavy (non-hydrogen) atoms. The molecule has 5 nitrogen and oxygen atoms in total. The smallest absolute Gasteiger partial charge is 0.364 e. The Hall–Kier alpha value is -3.30. The minimum absolute atomic E-state index is 0.156. The molecule has 0 aliphatic carbocycles. The van der Waals surface area contributed by atoms with Gasteiger partial charge in [0.15, 0.2) is 11.6 Å². The van der Waals surface area contributed by atoms with Crippen LogP contribution in [-0.2, 0) is 6.18 Å². The fourth-order valence-corrected chi connectivity index (χ4v) is 3.44. The first-order valence-corrected chi connectivity index (χ1v) is 9.06. The minimum Gasteiger partial charge on any atom is -0.364 e. The zero-order valence-electron chi connectivity index (χ0n) is 15.4. The van der Waals surface area contributed by atoms with E-state index in [9.17, 15) is 26.7 Å². The van der Waals surface area contributed by atoms with Crippen molar-refractivity contribution in [3.8, 4) is 0 Å². The molecule has 1 atom stereocenters. The predicted octanol–water partition coefficient (Wildman–Crippen LogP) is 4.25. The van der Waals surface area contributed by atoms with E-state index in [1.807, 2.05) is 0 Å². The molecule has 0 bridgehead atoms.